The van der Waals surface area contributed by atoms with E-state index in [1.165, 1.54) is 7.11 Å². The Morgan fingerprint density at radius 3 is 2.14 bits per heavy atom. The highest BCUT2D eigenvalue weighted by Gasteiger charge is 2.14. The van der Waals surface area contributed by atoms with Crippen LogP contribution in [0.25, 0.3) is 0 Å². The van der Waals surface area contributed by atoms with Gasteiger partial charge in [-0.15, -0.1) is 0 Å². The summed E-state index contributed by atoms with van der Waals surface area (Å²) in [7, 11) is 1.54. The van der Waals surface area contributed by atoms with Crippen LogP contribution in [0.2, 0.25) is 0 Å². The van der Waals surface area contributed by atoms with Gasteiger partial charge < -0.3 is 15.4 Å². The van der Waals surface area contributed by atoms with Crippen LogP contribution in [0.4, 0.5) is 11.4 Å². The average molecular weight is 375 g/mol. The maximum atomic E-state index is 12.6. The van der Waals surface area contributed by atoms with Crippen LogP contribution < -0.4 is 15.4 Å². The summed E-state index contributed by atoms with van der Waals surface area (Å²) >= 11 is 0. The highest BCUT2D eigenvalue weighted by molar-refractivity contribution is 6.06. The van der Waals surface area contributed by atoms with Gasteiger partial charge in [0.15, 0.2) is 0 Å². The zero-order valence-electron chi connectivity index (χ0n) is 15.9. The van der Waals surface area contributed by atoms with Gasteiger partial charge in [0, 0.05) is 5.69 Å². The van der Waals surface area contributed by atoms with E-state index >= 15 is 0 Å². The van der Waals surface area contributed by atoms with E-state index in [9.17, 15) is 9.59 Å². The quantitative estimate of drug-likeness (QED) is 0.700. The highest BCUT2D eigenvalue weighted by Crippen LogP contribution is 2.25. The van der Waals surface area contributed by atoms with E-state index in [1.807, 2.05) is 44.2 Å². The van der Waals surface area contributed by atoms with Gasteiger partial charge >= 0.3 is 0 Å². The van der Waals surface area contributed by atoms with Gasteiger partial charge in [-0.3, -0.25) is 9.59 Å². The van der Waals surface area contributed by atoms with Gasteiger partial charge in [-0.25, -0.2) is 4.98 Å². The maximum absolute atomic E-state index is 12.6. The third kappa shape index (κ3) is 4.54. The van der Waals surface area contributed by atoms with Gasteiger partial charge in [0.1, 0.15) is 17.1 Å². The smallest absolute Gasteiger partial charge is 0.274 e. The van der Waals surface area contributed by atoms with Crippen LogP contribution in [-0.2, 0) is 0 Å². The summed E-state index contributed by atoms with van der Waals surface area (Å²) in [5, 5.41) is 5.57. The second-order valence-electron chi connectivity index (χ2n) is 6.39. The van der Waals surface area contributed by atoms with Gasteiger partial charge in [-0.05, 0) is 61.4 Å². The molecule has 2 N–H and O–H groups in total. The van der Waals surface area contributed by atoms with Crippen molar-refractivity contribution in [2.45, 2.75) is 13.8 Å². The molecule has 3 aromatic rings. The lowest BCUT2D eigenvalue weighted by molar-refractivity contribution is 0.101. The van der Waals surface area contributed by atoms with Crippen LogP contribution in [0.15, 0.2) is 60.7 Å². The summed E-state index contributed by atoms with van der Waals surface area (Å²) in [4.78, 5) is 29.3. The van der Waals surface area contributed by atoms with Crippen molar-refractivity contribution >= 4 is 23.2 Å². The second kappa shape index (κ2) is 8.35. The first-order valence-electron chi connectivity index (χ1n) is 8.77. The molecule has 3 rings (SSSR count). The molecule has 0 spiro atoms. The number of carbonyl (C=O) groups excluding carboxylic acids is 2. The molecule has 2 aromatic carbocycles. The number of amides is 2. The molecule has 28 heavy (non-hydrogen) atoms. The third-order valence-corrected chi connectivity index (χ3v) is 4.09. The summed E-state index contributed by atoms with van der Waals surface area (Å²) < 4.78 is 5.28. The number of anilines is 2. The van der Waals surface area contributed by atoms with Crippen molar-refractivity contribution in [2.75, 3.05) is 17.7 Å². The maximum Gasteiger partial charge on any atom is 0.274 e. The first-order chi connectivity index (χ1) is 13.5. The van der Waals surface area contributed by atoms with Gasteiger partial charge in [0.2, 0.25) is 0 Å². The SMILES string of the molecule is COc1ccc(C)cc1NC(=O)c1cccc(C(=O)Nc2cccc(C)c2)n1. The van der Waals surface area contributed by atoms with E-state index in [0.717, 1.165) is 11.1 Å². The van der Waals surface area contributed by atoms with Crippen LogP contribution in [0.1, 0.15) is 32.1 Å². The Hall–Kier alpha value is -3.67. The molecular weight excluding hydrogens is 354 g/mol. The second-order valence-corrected chi connectivity index (χ2v) is 6.39. The predicted molar refractivity (Wildman–Crippen MR) is 109 cm³/mol. The summed E-state index contributed by atoms with van der Waals surface area (Å²) in [6.07, 6.45) is 0. The molecule has 0 radical (unpaired) electrons. The van der Waals surface area contributed by atoms with Gasteiger partial charge in [-0.2, -0.15) is 0 Å². The van der Waals surface area contributed by atoms with Gasteiger partial charge in [-0.1, -0.05) is 24.3 Å². The van der Waals surface area contributed by atoms with E-state index in [2.05, 4.69) is 15.6 Å². The van der Waals surface area contributed by atoms with Crippen LogP contribution in [0, 0.1) is 13.8 Å². The van der Waals surface area contributed by atoms with Crippen LogP contribution >= 0.6 is 0 Å². The highest BCUT2D eigenvalue weighted by atomic mass is 16.5. The molecular formula is C22H21N3O3. The van der Waals surface area contributed by atoms with E-state index in [-0.39, 0.29) is 17.3 Å². The molecule has 1 aromatic heterocycles. The minimum absolute atomic E-state index is 0.139. The Labute approximate surface area is 163 Å². The lowest BCUT2D eigenvalue weighted by Crippen LogP contribution is -2.18. The van der Waals surface area contributed by atoms with Crippen molar-refractivity contribution in [1.82, 2.24) is 4.98 Å². The number of nitrogens with one attached hydrogen (secondary N) is 2. The Morgan fingerprint density at radius 1 is 0.821 bits per heavy atom. The average Bonchev–Trinajstić information content (AvgIpc) is 2.68. The van der Waals surface area contributed by atoms with Crippen LogP contribution in [0.3, 0.4) is 0 Å². The molecule has 6 nitrogen and oxygen atoms in total. The molecule has 2 amide bonds. The summed E-state index contributed by atoms with van der Waals surface area (Å²) in [5.41, 5.74) is 3.53. The molecule has 0 saturated carbocycles. The molecule has 0 atom stereocenters. The van der Waals surface area contributed by atoms with E-state index in [4.69, 9.17) is 4.74 Å². The summed E-state index contributed by atoms with van der Waals surface area (Å²) in [6, 6.07) is 17.7. The first kappa shape index (κ1) is 19.1. The number of benzene rings is 2. The molecule has 0 aliphatic rings. The Balaban J connectivity index is 1.78. The minimum Gasteiger partial charge on any atom is -0.495 e. The topological polar surface area (TPSA) is 80.3 Å². The van der Waals surface area contributed by atoms with Crippen molar-refractivity contribution in [1.29, 1.82) is 0 Å². The van der Waals surface area contributed by atoms with E-state index in [1.54, 1.807) is 30.3 Å². The molecule has 0 aliphatic carbocycles. The number of pyridine rings is 1. The van der Waals surface area contributed by atoms with Gasteiger partial charge in [0.25, 0.3) is 11.8 Å². The number of hydrogen-bond donors (Lipinski definition) is 2. The molecule has 142 valence electrons. The standard InChI is InChI=1S/C22H21N3O3/c1-14-6-4-7-16(12-14)23-21(26)17-8-5-9-18(24-17)22(27)25-19-13-15(2)10-11-20(19)28-3/h4-13H,1-3H3,(H,23,26)(H,25,27). The Morgan fingerprint density at radius 2 is 1.46 bits per heavy atom. The van der Waals surface area contributed by atoms with Gasteiger partial charge in [0.05, 0.1) is 12.8 Å². The summed E-state index contributed by atoms with van der Waals surface area (Å²) in [6.45, 7) is 3.86. The van der Waals surface area contributed by atoms with Crippen molar-refractivity contribution in [3.05, 3.63) is 83.2 Å². The molecule has 0 unspecified atom stereocenters. The fourth-order valence-corrected chi connectivity index (χ4v) is 2.71. The van der Waals surface area contributed by atoms with E-state index < -0.39 is 5.91 Å². The number of aromatic nitrogens is 1. The van der Waals surface area contributed by atoms with Crippen molar-refractivity contribution < 1.29 is 14.3 Å². The number of rotatable bonds is 5. The normalized spacial score (nSPS) is 10.2. The van der Waals surface area contributed by atoms with Crippen LogP contribution in [-0.4, -0.2) is 23.9 Å². The minimum atomic E-state index is -0.422. The first-order valence-corrected chi connectivity index (χ1v) is 8.77. The number of ether oxygens (including phenoxy) is 1. The lowest BCUT2D eigenvalue weighted by atomic mass is 10.2. The fraction of sp³-hybridized carbons (Fsp3) is 0.136. The fourth-order valence-electron chi connectivity index (χ4n) is 2.71. The third-order valence-electron chi connectivity index (χ3n) is 4.09. The molecule has 0 aliphatic heterocycles. The molecule has 0 saturated heterocycles. The predicted octanol–water partition coefficient (Wildman–Crippen LogP) is 4.21. The number of methoxy groups -OCH3 is 1. The molecule has 0 fully saturated rings. The number of hydrogen-bond acceptors (Lipinski definition) is 4. The number of aryl methyl sites for hydroxylation is 2. The largest absolute Gasteiger partial charge is 0.495 e. The summed E-state index contributed by atoms with van der Waals surface area (Å²) in [5.74, 6) is -0.255. The molecule has 0 bridgehead atoms. The van der Waals surface area contributed by atoms with Crippen molar-refractivity contribution in [2.24, 2.45) is 0 Å². The Bertz CT molecular complexity index is 1030. The Kier molecular flexibility index (Phi) is 5.69. The zero-order chi connectivity index (χ0) is 20.1. The zero-order valence-corrected chi connectivity index (χ0v) is 15.9. The molecule has 1 heterocycles. The monoisotopic (exact) mass is 375 g/mol. The lowest BCUT2D eigenvalue weighted by Gasteiger charge is -2.11. The van der Waals surface area contributed by atoms with Crippen molar-refractivity contribution in [3.63, 3.8) is 0 Å². The van der Waals surface area contributed by atoms with Crippen molar-refractivity contribution in [3.8, 4) is 5.75 Å². The van der Waals surface area contributed by atoms with Crippen LogP contribution in [0.5, 0.6) is 5.75 Å². The number of nitrogens with zero attached hydrogens (tertiary/aromatic N) is 1. The van der Waals surface area contributed by atoms with E-state index in [0.29, 0.717) is 17.1 Å². The molecule has 6 heteroatoms. The number of carbonyl (C=O) groups is 2.